The van der Waals surface area contributed by atoms with Crippen LogP contribution in [-0.4, -0.2) is 24.1 Å². The van der Waals surface area contributed by atoms with Crippen LogP contribution in [-0.2, 0) is 13.6 Å². The first kappa shape index (κ1) is 27.3. The topological polar surface area (TPSA) is 94.2 Å². The van der Waals surface area contributed by atoms with Gasteiger partial charge in [0, 0.05) is 29.6 Å². The molecule has 202 valence electrons. The summed E-state index contributed by atoms with van der Waals surface area (Å²) in [6, 6.07) is 20.7. The van der Waals surface area contributed by atoms with Gasteiger partial charge < -0.3 is 20.3 Å². The summed E-state index contributed by atoms with van der Waals surface area (Å²) in [7, 11) is -3.89. The molecule has 6 rings (SSSR count). The van der Waals surface area contributed by atoms with E-state index in [1.165, 1.54) is 6.07 Å². The molecule has 0 bridgehead atoms. The van der Waals surface area contributed by atoms with E-state index in [-0.39, 0.29) is 29.9 Å². The number of phosphoric ester groups is 1. The number of rotatable bonds is 1. The van der Waals surface area contributed by atoms with Crippen molar-refractivity contribution in [1.82, 2.24) is 0 Å². The number of hydrogen-bond donors (Lipinski definition) is 2. The second kappa shape index (κ2) is 10.7. The zero-order valence-electron chi connectivity index (χ0n) is 21.2. The third kappa shape index (κ3) is 5.55. The van der Waals surface area contributed by atoms with Crippen molar-refractivity contribution in [3.8, 4) is 11.5 Å². The summed E-state index contributed by atoms with van der Waals surface area (Å²) in [6.45, 7) is 5.00. The number of anilines is 1. The Balaban J connectivity index is 0.000000163. The fraction of sp³-hybridized carbons (Fsp3) is 0.357. The summed E-state index contributed by atoms with van der Waals surface area (Å²) in [5.41, 5.74) is 8.95. The normalized spacial score (nSPS) is 27.4. The van der Waals surface area contributed by atoms with Crippen LogP contribution < -0.4 is 15.4 Å². The van der Waals surface area contributed by atoms with Gasteiger partial charge in [-0.25, -0.2) is 8.96 Å². The number of nitrogens with zero attached hydrogens (tertiary/aromatic N) is 1. The summed E-state index contributed by atoms with van der Waals surface area (Å²) in [6.07, 6.45) is 1.58. The van der Waals surface area contributed by atoms with E-state index in [0.717, 1.165) is 42.0 Å². The number of hydrogen-bond acceptors (Lipinski definition) is 6. The molecular formula is C28H31BrFN2O5P. The Labute approximate surface area is 230 Å². The highest BCUT2D eigenvalue weighted by Gasteiger charge is 2.44. The Morgan fingerprint density at radius 2 is 1.82 bits per heavy atom. The zero-order chi connectivity index (χ0) is 27.1. The number of para-hydroxylation sites is 1. The maximum atomic E-state index is 13.9. The van der Waals surface area contributed by atoms with Crippen molar-refractivity contribution < 1.29 is 27.6 Å². The highest BCUT2D eigenvalue weighted by atomic mass is 79.9. The van der Waals surface area contributed by atoms with Crippen LogP contribution in [0.3, 0.4) is 0 Å². The second-order valence-electron chi connectivity index (χ2n) is 10.4. The fourth-order valence-corrected chi connectivity index (χ4v) is 6.79. The van der Waals surface area contributed by atoms with E-state index in [1.54, 1.807) is 6.07 Å². The third-order valence-corrected chi connectivity index (χ3v) is 8.64. The summed E-state index contributed by atoms with van der Waals surface area (Å²) in [4.78, 5) is 11.6. The average Bonchev–Trinajstić information content (AvgIpc) is 3.02. The molecule has 7 nitrogen and oxygen atoms in total. The third-order valence-electron chi connectivity index (χ3n) is 7.10. The number of phosphoric acid groups is 1. The molecule has 0 radical (unpaired) electrons. The Morgan fingerprint density at radius 3 is 2.58 bits per heavy atom. The highest BCUT2D eigenvalue weighted by molar-refractivity contribution is 9.10. The molecule has 3 aromatic carbocycles. The van der Waals surface area contributed by atoms with E-state index in [4.69, 9.17) is 19.5 Å². The highest BCUT2D eigenvalue weighted by Crippen LogP contribution is 2.58. The summed E-state index contributed by atoms with van der Waals surface area (Å²) in [5.74, 6) is 0.982. The van der Waals surface area contributed by atoms with Crippen molar-refractivity contribution in [1.29, 1.82) is 0 Å². The fourth-order valence-electron chi connectivity index (χ4n) is 5.22. The van der Waals surface area contributed by atoms with Gasteiger partial charge in [-0.2, -0.15) is 0 Å². The first-order valence-corrected chi connectivity index (χ1v) is 14.8. The van der Waals surface area contributed by atoms with Crippen LogP contribution in [0.2, 0.25) is 0 Å². The van der Waals surface area contributed by atoms with Crippen LogP contribution in [0.25, 0.3) is 0 Å². The smallest absolute Gasteiger partial charge is 0.455 e. The van der Waals surface area contributed by atoms with Crippen LogP contribution in [0.5, 0.6) is 11.5 Å². The summed E-state index contributed by atoms with van der Waals surface area (Å²) < 4.78 is 41.8. The van der Waals surface area contributed by atoms with Gasteiger partial charge in [0.1, 0.15) is 17.7 Å². The lowest BCUT2D eigenvalue weighted by Crippen LogP contribution is -2.45. The Bertz CT molecular complexity index is 1360. The van der Waals surface area contributed by atoms with Gasteiger partial charge in [-0.3, -0.25) is 9.05 Å². The first-order chi connectivity index (χ1) is 18.1. The lowest BCUT2D eigenvalue weighted by molar-refractivity contribution is -0.0472. The molecule has 2 saturated heterocycles. The van der Waals surface area contributed by atoms with Crippen LogP contribution in [0.4, 0.5) is 10.1 Å². The van der Waals surface area contributed by atoms with Crippen molar-refractivity contribution in [2.45, 2.75) is 44.9 Å². The second-order valence-corrected chi connectivity index (χ2v) is 12.7. The molecular weight excluding hydrogens is 574 g/mol. The predicted octanol–water partition coefficient (Wildman–Crippen LogP) is 7.26. The Kier molecular flexibility index (Phi) is 7.70. The van der Waals surface area contributed by atoms with E-state index in [9.17, 15) is 13.8 Å². The molecule has 3 N–H and O–H groups in total. The van der Waals surface area contributed by atoms with E-state index < -0.39 is 13.9 Å². The maximum absolute atomic E-state index is 13.9. The van der Waals surface area contributed by atoms with E-state index in [1.807, 2.05) is 62.4 Å². The Hall–Kier alpha value is -2.26. The van der Waals surface area contributed by atoms with Crippen LogP contribution in [0.15, 0.2) is 71.2 Å². The quantitative estimate of drug-likeness (QED) is 0.282. The number of piperidine rings is 1. The van der Waals surface area contributed by atoms with Gasteiger partial charge in [0.05, 0.1) is 22.8 Å². The molecule has 0 spiro atoms. The minimum atomic E-state index is -3.89. The predicted molar refractivity (Wildman–Crippen MR) is 148 cm³/mol. The standard InChI is InChI=1S/C17H16BrFN2O.C11H15O4P/c18-11-8-14-16(9-12(11)19)22-15-6-2-1-4-10(15)17-13(20)5-3-7-21(14)17;1-11(2)8-14-16(12,13)15-10(11)9-6-4-3-5-7-9/h1-2,4,6,8-9,13,17H,3,5,7,20H2;3-7,10H,8H2,1-2H3,(H,12,13)/t13-,17+;10-/m10/s1. The first-order valence-electron chi connectivity index (χ1n) is 12.5. The van der Waals surface area contributed by atoms with Crippen molar-refractivity contribution in [2.24, 2.45) is 11.1 Å². The number of fused-ring (bicyclic) bond motifs is 5. The number of ether oxygens (including phenoxy) is 1. The summed E-state index contributed by atoms with van der Waals surface area (Å²) in [5, 5.41) is 0. The molecule has 3 aliphatic heterocycles. The molecule has 10 heteroatoms. The van der Waals surface area contributed by atoms with Gasteiger partial charge in [0.15, 0.2) is 5.75 Å². The van der Waals surface area contributed by atoms with Gasteiger partial charge in [0.2, 0.25) is 0 Å². The number of nitrogens with two attached hydrogens (primary N) is 1. The molecule has 0 amide bonds. The molecule has 1 unspecified atom stereocenters. The van der Waals surface area contributed by atoms with Crippen LogP contribution >= 0.6 is 23.8 Å². The van der Waals surface area contributed by atoms with E-state index >= 15 is 0 Å². The zero-order valence-corrected chi connectivity index (χ0v) is 23.7. The molecule has 2 fully saturated rings. The molecule has 3 aromatic rings. The van der Waals surface area contributed by atoms with E-state index in [0.29, 0.717) is 10.2 Å². The largest absolute Gasteiger partial charge is 0.472 e. The molecule has 3 heterocycles. The molecule has 38 heavy (non-hydrogen) atoms. The molecule has 3 aliphatic rings. The monoisotopic (exact) mass is 604 g/mol. The Morgan fingerprint density at radius 1 is 1.11 bits per heavy atom. The van der Waals surface area contributed by atoms with E-state index in [2.05, 4.69) is 26.9 Å². The molecule has 4 atom stereocenters. The molecule has 0 aliphatic carbocycles. The van der Waals surface area contributed by atoms with Gasteiger partial charge in [-0.1, -0.05) is 62.4 Å². The van der Waals surface area contributed by atoms with Crippen LogP contribution in [0.1, 0.15) is 50.0 Å². The number of halogens is 2. The van der Waals surface area contributed by atoms with Crippen molar-refractivity contribution in [3.63, 3.8) is 0 Å². The van der Waals surface area contributed by atoms with Gasteiger partial charge in [-0.15, -0.1) is 0 Å². The van der Waals surface area contributed by atoms with Crippen molar-refractivity contribution in [3.05, 3.63) is 88.1 Å². The SMILES string of the molecule is CC1(C)COP(=O)(O)O[C@H]1c1ccccc1.N[C@@H]1CCCN2c3cc(Br)c(F)cc3Oc3ccccc3[C@@H]12. The summed E-state index contributed by atoms with van der Waals surface area (Å²) >= 11 is 3.28. The van der Waals surface area contributed by atoms with Gasteiger partial charge >= 0.3 is 7.82 Å². The van der Waals surface area contributed by atoms with Crippen LogP contribution in [0, 0.1) is 11.2 Å². The minimum absolute atomic E-state index is 0.0354. The van der Waals surface area contributed by atoms with Gasteiger partial charge in [-0.05, 0) is 46.5 Å². The molecule has 0 aromatic heterocycles. The lowest BCUT2D eigenvalue weighted by atomic mass is 9.83. The maximum Gasteiger partial charge on any atom is 0.472 e. The average molecular weight is 605 g/mol. The van der Waals surface area contributed by atoms with Crippen molar-refractivity contribution >= 4 is 29.4 Å². The number of benzene rings is 3. The van der Waals surface area contributed by atoms with Gasteiger partial charge in [0.25, 0.3) is 0 Å². The molecule has 0 saturated carbocycles. The van der Waals surface area contributed by atoms with Crippen molar-refractivity contribution in [2.75, 3.05) is 18.1 Å². The minimum Gasteiger partial charge on any atom is -0.455 e. The lowest BCUT2D eigenvalue weighted by Gasteiger charge is -2.40.